The molecule has 1 saturated carbocycles. The Labute approximate surface area is 253 Å². The number of hydrogen-bond acceptors (Lipinski definition) is 6. The first kappa shape index (κ1) is 29.1. The number of pyridine rings is 1. The van der Waals surface area contributed by atoms with Crippen LogP contribution in [-0.4, -0.2) is 53.5 Å². The smallest absolute Gasteiger partial charge is 0.310 e. The molecule has 1 aromatic heterocycles. The lowest BCUT2D eigenvalue weighted by Crippen LogP contribution is -2.46. The van der Waals surface area contributed by atoms with Crippen LogP contribution in [0.4, 0.5) is 10.2 Å². The van der Waals surface area contributed by atoms with E-state index in [1.165, 1.54) is 17.2 Å². The summed E-state index contributed by atoms with van der Waals surface area (Å²) in [5.74, 6) is 0.226. The Morgan fingerprint density at radius 3 is 2.57 bits per heavy atom. The van der Waals surface area contributed by atoms with Crippen LogP contribution in [0.15, 0.2) is 54.7 Å². The van der Waals surface area contributed by atoms with Crippen LogP contribution >= 0.6 is 11.6 Å². The highest BCUT2D eigenvalue weighted by molar-refractivity contribution is 6.31. The lowest BCUT2D eigenvalue weighted by molar-refractivity contribution is -0.147. The van der Waals surface area contributed by atoms with E-state index >= 15 is 0 Å². The van der Waals surface area contributed by atoms with Gasteiger partial charge < -0.3 is 9.64 Å². The summed E-state index contributed by atoms with van der Waals surface area (Å²) in [4.78, 5) is 25.4. The Bertz CT molecular complexity index is 1470. The second kappa shape index (κ2) is 11.3. The van der Waals surface area contributed by atoms with Crippen molar-refractivity contribution in [1.82, 2.24) is 14.8 Å². The summed E-state index contributed by atoms with van der Waals surface area (Å²) in [5.41, 5.74) is 4.46. The van der Waals surface area contributed by atoms with E-state index in [-0.39, 0.29) is 35.1 Å². The molecular formula is C34H40ClFN4O2. The van der Waals surface area contributed by atoms with Crippen LogP contribution in [-0.2, 0) is 41.2 Å². The minimum Gasteiger partial charge on any atom is -0.460 e. The molecular weight excluding hydrogens is 551 g/mol. The van der Waals surface area contributed by atoms with Gasteiger partial charge in [-0.1, -0.05) is 69.6 Å². The van der Waals surface area contributed by atoms with Gasteiger partial charge in [0.25, 0.3) is 0 Å². The van der Waals surface area contributed by atoms with Crippen molar-refractivity contribution >= 4 is 23.4 Å². The molecule has 3 aromatic rings. The Morgan fingerprint density at radius 1 is 1.05 bits per heavy atom. The first-order valence-electron chi connectivity index (χ1n) is 15.0. The van der Waals surface area contributed by atoms with Crippen molar-refractivity contribution in [2.24, 2.45) is 11.3 Å². The zero-order valence-corrected chi connectivity index (χ0v) is 25.8. The lowest BCUT2D eigenvalue weighted by atomic mass is 9.84. The molecule has 0 radical (unpaired) electrons. The van der Waals surface area contributed by atoms with Gasteiger partial charge in [-0.05, 0) is 46.8 Å². The molecule has 42 heavy (non-hydrogen) atoms. The number of esters is 1. The number of hydrogen-bond donors (Lipinski definition) is 0. The minimum absolute atomic E-state index is 0.157. The van der Waals surface area contributed by atoms with Gasteiger partial charge >= 0.3 is 5.97 Å². The van der Waals surface area contributed by atoms with Gasteiger partial charge in [-0.25, -0.2) is 9.37 Å². The summed E-state index contributed by atoms with van der Waals surface area (Å²) >= 11 is 6.36. The number of ether oxygens (including phenoxy) is 1. The molecule has 2 fully saturated rings. The summed E-state index contributed by atoms with van der Waals surface area (Å²) < 4.78 is 20.6. The molecule has 6 nitrogen and oxygen atoms in total. The van der Waals surface area contributed by atoms with Gasteiger partial charge in [-0.15, -0.1) is 0 Å². The second-order valence-electron chi connectivity index (χ2n) is 12.7. The van der Waals surface area contributed by atoms with Crippen LogP contribution in [0.5, 0.6) is 0 Å². The number of rotatable bonds is 5. The average Bonchev–Trinajstić information content (AvgIpc) is 3.45. The molecule has 8 heteroatoms. The number of anilines is 1. The first-order chi connectivity index (χ1) is 20.1. The van der Waals surface area contributed by atoms with Crippen molar-refractivity contribution in [3.05, 3.63) is 93.4 Å². The molecule has 2 aromatic carbocycles. The molecule has 4 aliphatic rings. The highest BCUT2D eigenvalue weighted by atomic mass is 35.5. The fraction of sp³-hybridized carbons (Fsp3) is 0.471. The third-order valence-corrected chi connectivity index (χ3v) is 10.5. The second-order valence-corrected chi connectivity index (χ2v) is 13.1. The van der Waals surface area contributed by atoms with E-state index in [9.17, 15) is 9.18 Å². The predicted octanol–water partition coefficient (Wildman–Crippen LogP) is 6.19. The Kier molecular flexibility index (Phi) is 7.79. The Morgan fingerprint density at radius 2 is 1.83 bits per heavy atom. The quantitative estimate of drug-likeness (QED) is 0.330. The van der Waals surface area contributed by atoms with E-state index in [0.29, 0.717) is 23.7 Å². The van der Waals surface area contributed by atoms with Crippen molar-refractivity contribution in [3.8, 4) is 0 Å². The monoisotopic (exact) mass is 590 g/mol. The summed E-state index contributed by atoms with van der Waals surface area (Å²) in [6.45, 7) is 15.2. The number of nitrogens with zero attached hydrogens (tertiary/aromatic N) is 4. The maximum absolute atomic E-state index is 14.6. The highest BCUT2D eigenvalue weighted by Gasteiger charge is 2.73. The lowest BCUT2D eigenvalue weighted by Gasteiger charge is -2.37. The molecule has 2 bridgehead atoms. The van der Waals surface area contributed by atoms with Crippen LogP contribution in [0.1, 0.15) is 55.5 Å². The molecule has 2 atom stereocenters. The van der Waals surface area contributed by atoms with Gasteiger partial charge in [0.05, 0.1) is 5.92 Å². The number of halogens is 2. The van der Waals surface area contributed by atoms with Crippen molar-refractivity contribution < 1.29 is 13.9 Å². The van der Waals surface area contributed by atoms with Gasteiger partial charge in [0.2, 0.25) is 0 Å². The molecule has 3 aliphatic heterocycles. The highest BCUT2D eigenvalue weighted by Crippen LogP contribution is 2.70. The van der Waals surface area contributed by atoms with E-state index in [0.717, 1.165) is 56.2 Å². The van der Waals surface area contributed by atoms with E-state index in [1.807, 2.05) is 18.3 Å². The SMILES string of the molecule is CCN(Cc1ccc2c(c1)C1(C)C(C(=O)OCc3cccnc3N3CCN(CC3)C2)C1(C)C)Cc1c(F)cccc1Cl. The molecule has 1 aliphatic carbocycles. The Hall–Kier alpha value is -3.00. The maximum atomic E-state index is 14.6. The standard InChI is InChI=1S/C34H40ClFN4O2/c1-5-38(21-26-28(35)9-6-10-29(26)36)19-23-11-12-24-20-39-14-16-40(17-15-39)31-25(8-7-13-37-31)22-42-32(41)30-33(2,3)34(30,4)27(24)18-23/h6-13,18,30H,5,14-17,19-22H2,1-4H3. The zero-order valence-electron chi connectivity index (χ0n) is 25.0. The maximum Gasteiger partial charge on any atom is 0.310 e. The summed E-state index contributed by atoms with van der Waals surface area (Å²) in [5, 5.41) is 0.449. The molecule has 0 spiro atoms. The minimum atomic E-state index is -0.370. The fourth-order valence-electron chi connectivity index (χ4n) is 7.22. The Balaban J connectivity index is 1.34. The van der Waals surface area contributed by atoms with Crippen molar-refractivity contribution in [2.45, 2.75) is 59.4 Å². The van der Waals surface area contributed by atoms with Crippen LogP contribution in [0.25, 0.3) is 0 Å². The normalized spacial score (nSPS) is 23.5. The van der Waals surface area contributed by atoms with Crippen LogP contribution < -0.4 is 4.90 Å². The van der Waals surface area contributed by atoms with Gasteiger partial charge in [-0.2, -0.15) is 0 Å². The summed E-state index contributed by atoms with van der Waals surface area (Å²) in [6, 6.07) is 15.5. The summed E-state index contributed by atoms with van der Waals surface area (Å²) in [6.07, 6.45) is 1.82. The molecule has 222 valence electrons. The van der Waals surface area contributed by atoms with Crippen molar-refractivity contribution in [1.29, 1.82) is 0 Å². The average molecular weight is 591 g/mol. The molecule has 2 unspecified atom stereocenters. The molecule has 1 saturated heterocycles. The van der Waals surface area contributed by atoms with E-state index in [2.05, 4.69) is 65.6 Å². The van der Waals surface area contributed by atoms with Gasteiger partial charge in [-0.3, -0.25) is 14.6 Å². The first-order valence-corrected chi connectivity index (χ1v) is 15.4. The van der Waals surface area contributed by atoms with Crippen molar-refractivity contribution in [3.63, 3.8) is 0 Å². The molecule has 4 heterocycles. The van der Waals surface area contributed by atoms with Crippen molar-refractivity contribution in [2.75, 3.05) is 37.6 Å². The van der Waals surface area contributed by atoms with Crippen LogP contribution in [0, 0.1) is 17.2 Å². The number of carbonyl (C=O) groups is 1. The molecule has 7 rings (SSSR count). The molecule has 0 amide bonds. The van der Waals surface area contributed by atoms with E-state index < -0.39 is 0 Å². The third kappa shape index (κ3) is 5.10. The van der Waals surface area contributed by atoms with Gasteiger partial charge in [0.15, 0.2) is 0 Å². The third-order valence-electron chi connectivity index (χ3n) is 10.1. The van der Waals surface area contributed by atoms with Crippen LogP contribution in [0.2, 0.25) is 5.02 Å². The molecule has 0 N–H and O–H groups in total. The number of benzene rings is 2. The number of fused-ring (bicyclic) bond motifs is 4. The number of aromatic nitrogens is 1. The van der Waals surface area contributed by atoms with Crippen LogP contribution in [0.3, 0.4) is 0 Å². The van der Waals surface area contributed by atoms with Gasteiger partial charge in [0.1, 0.15) is 18.2 Å². The van der Waals surface area contributed by atoms with E-state index in [1.54, 1.807) is 12.1 Å². The largest absolute Gasteiger partial charge is 0.460 e. The fourth-order valence-corrected chi connectivity index (χ4v) is 7.44. The number of piperazine rings is 1. The number of carbonyl (C=O) groups excluding carboxylic acids is 1. The van der Waals surface area contributed by atoms with E-state index in [4.69, 9.17) is 16.3 Å². The zero-order chi connectivity index (χ0) is 29.6. The topological polar surface area (TPSA) is 48.9 Å². The predicted molar refractivity (Wildman–Crippen MR) is 164 cm³/mol. The van der Waals surface area contributed by atoms with Gasteiger partial charge in [0, 0.05) is 73.6 Å². The summed E-state index contributed by atoms with van der Waals surface area (Å²) in [7, 11) is 0.